The number of unbranched alkanes of at least 4 members (excludes halogenated alkanes) is 1. The van der Waals surface area contributed by atoms with Crippen LogP contribution in [-0.4, -0.2) is 56.5 Å². The van der Waals surface area contributed by atoms with Gasteiger partial charge in [0, 0.05) is 30.9 Å². The third-order valence-electron chi connectivity index (χ3n) is 5.15. The second-order valence-corrected chi connectivity index (χ2v) is 8.53. The lowest BCUT2D eigenvalue weighted by atomic mass is 9.96. The first-order valence-electron chi connectivity index (χ1n) is 10.1. The number of nitrogens with two attached hydrogens (primary N) is 1. The quantitative estimate of drug-likeness (QED) is 0.191. The summed E-state index contributed by atoms with van der Waals surface area (Å²) < 4.78 is 0. The second kappa shape index (κ2) is 14.2. The van der Waals surface area contributed by atoms with Gasteiger partial charge in [-0.05, 0) is 69.1 Å². The van der Waals surface area contributed by atoms with Crippen molar-refractivity contribution in [3.8, 4) is 0 Å². The lowest BCUT2D eigenvalue weighted by Gasteiger charge is -2.30. The number of halogens is 1. The van der Waals surface area contributed by atoms with Crippen LogP contribution >= 0.6 is 35.3 Å². The Balaban J connectivity index is 0.00000392. The summed E-state index contributed by atoms with van der Waals surface area (Å²) in [6, 6.07) is 4.31. The van der Waals surface area contributed by atoms with Crippen molar-refractivity contribution in [2.24, 2.45) is 22.6 Å². The van der Waals surface area contributed by atoms with Crippen molar-refractivity contribution in [1.29, 1.82) is 0 Å². The van der Waals surface area contributed by atoms with Gasteiger partial charge in [0.25, 0.3) is 0 Å². The van der Waals surface area contributed by atoms with Crippen LogP contribution in [0.3, 0.4) is 0 Å². The maximum atomic E-state index is 11.2. The first-order valence-corrected chi connectivity index (χ1v) is 10.9. The number of primary amides is 1. The summed E-state index contributed by atoms with van der Waals surface area (Å²) in [6.45, 7) is 7.19. The SMILES string of the molecule is CN=C(NCCCCN1CCC(C(N)=O)CC1)NCC(C)Cc1cccs1.I. The van der Waals surface area contributed by atoms with Crippen LogP contribution in [0.5, 0.6) is 0 Å². The predicted molar refractivity (Wildman–Crippen MR) is 130 cm³/mol. The summed E-state index contributed by atoms with van der Waals surface area (Å²) in [6.07, 6.45) is 5.19. The zero-order valence-corrected chi connectivity index (χ0v) is 20.3. The fourth-order valence-electron chi connectivity index (χ4n) is 3.44. The first kappa shape index (κ1) is 25.2. The molecule has 1 unspecified atom stereocenters. The number of hydrogen-bond acceptors (Lipinski definition) is 4. The molecule has 160 valence electrons. The molecule has 2 rings (SSSR count). The molecule has 8 heteroatoms. The molecule has 1 aromatic rings. The molecular weight excluding hydrogens is 485 g/mol. The molecule has 1 aliphatic rings. The van der Waals surface area contributed by atoms with Gasteiger partial charge in [-0.1, -0.05) is 13.0 Å². The number of amides is 1. The van der Waals surface area contributed by atoms with E-state index in [1.54, 1.807) is 0 Å². The minimum Gasteiger partial charge on any atom is -0.369 e. The molecule has 6 nitrogen and oxygen atoms in total. The van der Waals surface area contributed by atoms with Crippen molar-refractivity contribution in [2.45, 2.75) is 39.0 Å². The molecule has 2 heterocycles. The molecule has 1 atom stereocenters. The van der Waals surface area contributed by atoms with E-state index in [4.69, 9.17) is 5.73 Å². The first-order chi connectivity index (χ1) is 13.1. The highest BCUT2D eigenvalue weighted by molar-refractivity contribution is 14.0. The molecule has 0 bridgehead atoms. The monoisotopic (exact) mass is 521 g/mol. The Kier molecular flexibility index (Phi) is 12.7. The molecule has 1 fully saturated rings. The topological polar surface area (TPSA) is 82.8 Å². The number of piperidine rings is 1. The zero-order chi connectivity index (χ0) is 19.5. The minimum atomic E-state index is -0.137. The number of guanidine groups is 1. The Morgan fingerprint density at radius 1 is 1.36 bits per heavy atom. The van der Waals surface area contributed by atoms with Gasteiger partial charge in [0.05, 0.1) is 0 Å². The van der Waals surface area contributed by atoms with Crippen LogP contribution in [-0.2, 0) is 11.2 Å². The van der Waals surface area contributed by atoms with Gasteiger partial charge >= 0.3 is 0 Å². The smallest absolute Gasteiger partial charge is 0.220 e. The average molecular weight is 522 g/mol. The van der Waals surface area contributed by atoms with Crippen LogP contribution in [0.1, 0.15) is 37.5 Å². The third-order valence-corrected chi connectivity index (χ3v) is 6.05. The van der Waals surface area contributed by atoms with Crippen LogP contribution in [0, 0.1) is 11.8 Å². The predicted octanol–water partition coefficient (Wildman–Crippen LogP) is 2.69. The van der Waals surface area contributed by atoms with Gasteiger partial charge in [-0.25, -0.2) is 0 Å². The third kappa shape index (κ3) is 9.56. The molecule has 4 N–H and O–H groups in total. The Labute approximate surface area is 190 Å². The number of thiophene rings is 1. The largest absolute Gasteiger partial charge is 0.369 e. The highest BCUT2D eigenvalue weighted by Gasteiger charge is 2.22. The molecule has 0 aromatic carbocycles. The van der Waals surface area contributed by atoms with E-state index in [1.165, 1.54) is 4.88 Å². The molecule has 0 radical (unpaired) electrons. The fourth-order valence-corrected chi connectivity index (χ4v) is 4.31. The summed E-state index contributed by atoms with van der Waals surface area (Å²) in [7, 11) is 1.82. The number of carbonyl (C=O) groups excluding carboxylic acids is 1. The van der Waals surface area contributed by atoms with Gasteiger partial charge in [-0.3, -0.25) is 9.79 Å². The van der Waals surface area contributed by atoms with Crippen LogP contribution in [0.2, 0.25) is 0 Å². The molecule has 1 amide bonds. The van der Waals surface area contributed by atoms with E-state index in [0.29, 0.717) is 5.92 Å². The molecule has 0 spiro atoms. The molecule has 1 saturated heterocycles. The summed E-state index contributed by atoms with van der Waals surface area (Å²) in [4.78, 5) is 19.4. The molecular formula is C20H36IN5OS. The normalized spacial score (nSPS) is 17.0. The Hall–Kier alpha value is -0.870. The zero-order valence-electron chi connectivity index (χ0n) is 17.2. The summed E-state index contributed by atoms with van der Waals surface area (Å²) >= 11 is 1.82. The van der Waals surface area contributed by atoms with Crippen molar-refractivity contribution in [2.75, 3.05) is 39.8 Å². The van der Waals surface area contributed by atoms with Crippen LogP contribution in [0.25, 0.3) is 0 Å². The summed E-state index contributed by atoms with van der Waals surface area (Å²) in [5.41, 5.74) is 5.39. The maximum Gasteiger partial charge on any atom is 0.220 e. The van der Waals surface area contributed by atoms with E-state index in [9.17, 15) is 4.79 Å². The number of nitrogens with one attached hydrogen (secondary N) is 2. The highest BCUT2D eigenvalue weighted by atomic mass is 127. The minimum absolute atomic E-state index is 0. The van der Waals surface area contributed by atoms with E-state index in [0.717, 1.165) is 70.8 Å². The van der Waals surface area contributed by atoms with Crippen LogP contribution in [0.4, 0.5) is 0 Å². The van der Waals surface area contributed by atoms with Gasteiger partial charge in [0.2, 0.25) is 5.91 Å². The van der Waals surface area contributed by atoms with E-state index < -0.39 is 0 Å². The number of carbonyl (C=O) groups is 1. The number of aliphatic imine (C=N–C) groups is 1. The van der Waals surface area contributed by atoms with Gasteiger partial charge < -0.3 is 21.3 Å². The summed E-state index contributed by atoms with van der Waals surface area (Å²) in [5.74, 6) is 1.41. The van der Waals surface area contributed by atoms with E-state index in [1.807, 2.05) is 18.4 Å². The van der Waals surface area contributed by atoms with Crippen molar-refractivity contribution in [3.05, 3.63) is 22.4 Å². The van der Waals surface area contributed by atoms with Crippen molar-refractivity contribution in [3.63, 3.8) is 0 Å². The van der Waals surface area contributed by atoms with Gasteiger partial charge in [0.1, 0.15) is 0 Å². The molecule has 0 saturated carbocycles. The maximum absolute atomic E-state index is 11.2. The van der Waals surface area contributed by atoms with Gasteiger partial charge in [-0.2, -0.15) is 0 Å². The number of hydrogen-bond donors (Lipinski definition) is 3. The van der Waals surface area contributed by atoms with Crippen molar-refractivity contribution < 1.29 is 4.79 Å². The fraction of sp³-hybridized carbons (Fsp3) is 0.700. The number of rotatable bonds is 10. The lowest BCUT2D eigenvalue weighted by Crippen LogP contribution is -2.40. The number of nitrogens with zero attached hydrogens (tertiary/aromatic N) is 2. The molecule has 0 aliphatic carbocycles. The van der Waals surface area contributed by atoms with Crippen LogP contribution < -0.4 is 16.4 Å². The van der Waals surface area contributed by atoms with Gasteiger partial charge in [-0.15, -0.1) is 35.3 Å². The lowest BCUT2D eigenvalue weighted by molar-refractivity contribution is -0.123. The second-order valence-electron chi connectivity index (χ2n) is 7.49. The van der Waals surface area contributed by atoms with Crippen molar-refractivity contribution >= 4 is 47.2 Å². The molecule has 1 aliphatic heterocycles. The van der Waals surface area contributed by atoms with E-state index >= 15 is 0 Å². The standard InChI is InChI=1S/C20H35N5OS.HI/c1-16(14-18-6-5-13-27-18)15-24-20(22-2)23-9-3-4-10-25-11-7-17(8-12-25)19(21)26;/h5-6,13,16-17H,3-4,7-12,14-15H2,1-2H3,(H2,21,26)(H2,22,23,24);1H. The Morgan fingerprint density at radius 3 is 2.71 bits per heavy atom. The van der Waals surface area contributed by atoms with E-state index in [2.05, 4.69) is 45.0 Å². The molecule has 28 heavy (non-hydrogen) atoms. The van der Waals surface area contributed by atoms with Crippen LogP contribution in [0.15, 0.2) is 22.5 Å². The Morgan fingerprint density at radius 2 is 2.11 bits per heavy atom. The average Bonchev–Trinajstić information content (AvgIpc) is 3.17. The number of likely N-dealkylation sites (tertiary alicyclic amines) is 1. The van der Waals surface area contributed by atoms with Gasteiger partial charge in [0.15, 0.2) is 5.96 Å². The molecule has 1 aromatic heterocycles. The Bertz CT molecular complexity index is 573. The summed E-state index contributed by atoms with van der Waals surface area (Å²) in [5, 5.41) is 8.97. The van der Waals surface area contributed by atoms with E-state index in [-0.39, 0.29) is 35.8 Å². The highest BCUT2D eigenvalue weighted by Crippen LogP contribution is 2.17. The van der Waals surface area contributed by atoms with Crippen molar-refractivity contribution in [1.82, 2.24) is 15.5 Å².